The summed E-state index contributed by atoms with van der Waals surface area (Å²) in [5.74, 6) is 2.31. The first-order valence-electron chi connectivity index (χ1n) is 6.34. The predicted octanol–water partition coefficient (Wildman–Crippen LogP) is 1.56. The summed E-state index contributed by atoms with van der Waals surface area (Å²) in [6.45, 7) is 9.87. The van der Waals surface area contributed by atoms with Crippen molar-refractivity contribution in [1.82, 2.24) is 0 Å². The molecule has 22 heavy (non-hydrogen) atoms. The molecule has 0 radical (unpaired) electrons. The normalized spacial score (nSPS) is 13.4. The van der Waals surface area contributed by atoms with Gasteiger partial charge >= 0.3 is 20.8 Å². The average Bonchev–Trinajstić information content (AvgIpc) is 2.15. The van der Waals surface area contributed by atoms with Crippen LogP contribution in [0.25, 0.3) is 0 Å². The van der Waals surface area contributed by atoms with E-state index in [2.05, 4.69) is 14.3 Å². The molecular formula is C10H22O8S2Si2. The molecule has 0 aromatic heterocycles. The Morgan fingerprint density at radius 3 is 1.73 bits per heavy atom. The monoisotopic (exact) mass is 390 g/mol. The Kier molecular flexibility index (Phi) is 7.75. The largest absolute Gasteiger partial charge is 0.447 e. The van der Waals surface area contributed by atoms with E-state index in [-0.39, 0.29) is 13.0 Å². The van der Waals surface area contributed by atoms with E-state index in [9.17, 15) is 16.8 Å². The third-order valence-electron chi connectivity index (χ3n) is 1.37. The Balaban J connectivity index is 4.25. The minimum Gasteiger partial charge on any atom is -0.307 e. The quantitative estimate of drug-likeness (QED) is 0.349. The lowest BCUT2D eigenvalue weighted by atomic mass is 10.5. The van der Waals surface area contributed by atoms with E-state index < -0.39 is 37.4 Å². The van der Waals surface area contributed by atoms with Gasteiger partial charge in [0.1, 0.15) is 6.11 Å². The zero-order valence-corrected chi connectivity index (χ0v) is 17.1. The standard InChI is InChI=1S/C10H22O8S2Si2/c1-21(2,3)17-19(11,12)15-9-7-8-10-16-20(13,14)18-22(4,5)6/h7,9H2,1-6H3. The minimum absolute atomic E-state index is 0.0449. The van der Waals surface area contributed by atoms with E-state index in [0.717, 1.165) is 0 Å². The molecule has 130 valence electrons. The van der Waals surface area contributed by atoms with Gasteiger partial charge in [0, 0.05) is 6.42 Å². The number of hydrogen-bond acceptors (Lipinski definition) is 8. The van der Waals surface area contributed by atoms with E-state index in [1.54, 1.807) is 39.3 Å². The highest BCUT2D eigenvalue weighted by Gasteiger charge is 2.26. The lowest BCUT2D eigenvalue weighted by molar-refractivity contribution is 0.278. The van der Waals surface area contributed by atoms with Crippen LogP contribution in [0.15, 0.2) is 0 Å². The van der Waals surface area contributed by atoms with Crippen LogP contribution in [0, 0.1) is 12.0 Å². The molecule has 0 heterocycles. The fourth-order valence-electron chi connectivity index (χ4n) is 0.980. The summed E-state index contributed by atoms with van der Waals surface area (Å²) in [7, 11) is -12.8. The molecular weight excluding hydrogens is 368 g/mol. The summed E-state index contributed by atoms with van der Waals surface area (Å²) in [5, 5.41) is 0. The molecule has 0 amide bonds. The van der Waals surface area contributed by atoms with Crippen LogP contribution in [0.5, 0.6) is 0 Å². The molecule has 0 rings (SSSR count). The maximum Gasteiger partial charge on any atom is 0.447 e. The number of hydrogen-bond donors (Lipinski definition) is 0. The van der Waals surface area contributed by atoms with Crippen molar-refractivity contribution >= 4 is 37.4 Å². The summed E-state index contributed by atoms with van der Waals surface area (Å²) in [4.78, 5) is 0. The van der Waals surface area contributed by atoms with Crippen LogP contribution >= 0.6 is 0 Å². The van der Waals surface area contributed by atoms with Crippen molar-refractivity contribution in [3.63, 3.8) is 0 Å². The molecule has 0 aliphatic rings. The van der Waals surface area contributed by atoms with Crippen LogP contribution in [-0.4, -0.2) is 40.1 Å². The van der Waals surface area contributed by atoms with Crippen LogP contribution < -0.4 is 0 Å². The van der Waals surface area contributed by atoms with Crippen molar-refractivity contribution in [2.24, 2.45) is 0 Å². The molecule has 8 nitrogen and oxygen atoms in total. The molecule has 0 unspecified atom stereocenters. The van der Waals surface area contributed by atoms with E-state index in [4.69, 9.17) is 7.74 Å². The molecule has 0 aliphatic heterocycles. The van der Waals surface area contributed by atoms with Gasteiger partial charge in [-0.1, -0.05) is 5.92 Å². The maximum absolute atomic E-state index is 11.4. The lowest BCUT2D eigenvalue weighted by Crippen LogP contribution is -2.30. The third kappa shape index (κ3) is 13.3. The van der Waals surface area contributed by atoms with Gasteiger partial charge in [-0.05, 0) is 39.3 Å². The minimum atomic E-state index is -4.17. The van der Waals surface area contributed by atoms with Gasteiger partial charge in [-0.3, -0.25) is 7.74 Å². The van der Waals surface area contributed by atoms with Crippen molar-refractivity contribution in [3.8, 4) is 12.0 Å². The second kappa shape index (κ2) is 7.91. The predicted molar refractivity (Wildman–Crippen MR) is 86.1 cm³/mol. The Morgan fingerprint density at radius 2 is 1.27 bits per heavy atom. The van der Waals surface area contributed by atoms with Crippen LogP contribution in [0.2, 0.25) is 39.3 Å². The molecule has 0 saturated carbocycles. The summed E-state index contributed by atoms with van der Waals surface area (Å²) in [6.07, 6.45) is 1.89. The third-order valence-corrected chi connectivity index (χ3v) is 7.75. The Morgan fingerprint density at radius 1 is 0.818 bits per heavy atom. The first kappa shape index (κ1) is 21.6. The second-order valence-electron chi connectivity index (χ2n) is 6.14. The van der Waals surface area contributed by atoms with Crippen LogP contribution in [0.1, 0.15) is 6.42 Å². The van der Waals surface area contributed by atoms with E-state index in [0.29, 0.717) is 0 Å². The van der Waals surface area contributed by atoms with Crippen molar-refractivity contribution in [1.29, 1.82) is 0 Å². The van der Waals surface area contributed by atoms with Gasteiger partial charge in [-0.25, -0.2) is 4.18 Å². The smallest absolute Gasteiger partial charge is 0.307 e. The van der Waals surface area contributed by atoms with Gasteiger partial charge in [0.25, 0.3) is 0 Å². The average molecular weight is 391 g/mol. The molecule has 0 fully saturated rings. The molecule has 0 spiro atoms. The van der Waals surface area contributed by atoms with Gasteiger partial charge < -0.3 is 4.18 Å². The fraction of sp³-hybridized carbons (Fsp3) is 0.800. The molecule has 0 bridgehead atoms. The SMILES string of the molecule is C[Si](C)(C)OS(=O)(=O)OC#CCCOS(=O)(=O)O[Si](C)(C)C. The van der Waals surface area contributed by atoms with Crippen LogP contribution in [0.3, 0.4) is 0 Å². The second-order valence-corrected chi connectivity index (χ2v) is 18.0. The van der Waals surface area contributed by atoms with Crippen molar-refractivity contribution in [2.45, 2.75) is 45.7 Å². The fourth-order valence-corrected chi connectivity index (χ4v) is 6.66. The summed E-state index contributed by atoms with van der Waals surface area (Å²) in [6, 6.07) is 0. The summed E-state index contributed by atoms with van der Waals surface area (Å²) < 4.78 is 64.0. The molecule has 0 atom stereocenters. The van der Waals surface area contributed by atoms with Gasteiger partial charge in [0.05, 0.1) is 6.61 Å². The van der Waals surface area contributed by atoms with E-state index >= 15 is 0 Å². The molecule has 12 heteroatoms. The van der Waals surface area contributed by atoms with Crippen molar-refractivity contribution in [3.05, 3.63) is 0 Å². The highest BCUT2D eigenvalue weighted by atomic mass is 32.3. The zero-order valence-electron chi connectivity index (χ0n) is 13.5. The van der Waals surface area contributed by atoms with Crippen molar-refractivity contribution < 1.29 is 32.9 Å². The lowest BCUT2D eigenvalue weighted by Gasteiger charge is -2.15. The highest BCUT2D eigenvalue weighted by molar-refractivity contribution is 7.83. The van der Waals surface area contributed by atoms with E-state index in [1.165, 1.54) is 0 Å². The Bertz CT molecular complexity index is 617. The molecule has 0 N–H and O–H groups in total. The Hall–Kier alpha value is -0.426. The summed E-state index contributed by atoms with van der Waals surface area (Å²) in [5.41, 5.74) is 0. The van der Waals surface area contributed by atoms with Gasteiger partial charge in [-0.2, -0.15) is 16.8 Å². The van der Waals surface area contributed by atoms with Crippen LogP contribution in [0.4, 0.5) is 0 Å². The van der Waals surface area contributed by atoms with Crippen LogP contribution in [-0.2, 0) is 36.9 Å². The molecule has 0 aliphatic carbocycles. The zero-order chi connectivity index (χ0) is 17.7. The number of rotatable bonds is 8. The van der Waals surface area contributed by atoms with Gasteiger partial charge in [0.15, 0.2) is 0 Å². The first-order valence-corrected chi connectivity index (χ1v) is 15.8. The van der Waals surface area contributed by atoms with Gasteiger partial charge in [0.2, 0.25) is 16.6 Å². The van der Waals surface area contributed by atoms with Gasteiger partial charge in [-0.15, -0.1) is 0 Å². The van der Waals surface area contributed by atoms with E-state index in [1.807, 2.05) is 6.11 Å². The maximum atomic E-state index is 11.4. The topological polar surface area (TPSA) is 105 Å². The molecule has 0 aromatic carbocycles. The molecule has 0 aromatic rings. The Labute approximate surface area is 135 Å². The summed E-state index contributed by atoms with van der Waals surface area (Å²) >= 11 is 0. The van der Waals surface area contributed by atoms with Crippen molar-refractivity contribution in [2.75, 3.05) is 6.61 Å². The first-order chi connectivity index (χ1) is 9.62. The highest BCUT2D eigenvalue weighted by Crippen LogP contribution is 2.10. The molecule has 0 saturated heterocycles.